The maximum absolute atomic E-state index is 5.90. The van der Waals surface area contributed by atoms with Gasteiger partial charge < -0.3 is 15.0 Å². The van der Waals surface area contributed by atoms with Crippen LogP contribution in [-0.4, -0.2) is 23.3 Å². The van der Waals surface area contributed by atoms with Crippen LogP contribution in [0.1, 0.15) is 27.7 Å². The number of halogens is 1. The average molecular weight is 255 g/mol. The Kier molecular flexibility index (Phi) is 2.88. The van der Waals surface area contributed by atoms with Crippen LogP contribution < -0.4 is 11.2 Å². The summed E-state index contributed by atoms with van der Waals surface area (Å²) in [6.45, 7) is 7.97. The summed E-state index contributed by atoms with van der Waals surface area (Å²) in [5.41, 5.74) is 6.24. The number of nitrogen functional groups attached to an aromatic ring is 1. The standard InChI is InChI=1S/C11H16BClN2O2/c1-10(2)11(3,4)17-12(16-10)7-5-6-15-9(13)8(7)14/h5-6H,14H2,1-4H3. The molecule has 2 rings (SSSR count). The minimum Gasteiger partial charge on any atom is -0.399 e. The van der Waals surface area contributed by atoms with Gasteiger partial charge in [-0.25, -0.2) is 4.98 Å². The van der Waals surface area contributed by atoms with Crippen LogP contribution >= 0.6 is 11.6 Å². The topological polar surface area (TPSA) is 57.4 Å². The quantitative estimate of drug-likeness (QED) is 0.611. The second-order valence-electron chi connectivity index (χ2n) is 5.19. The predicted octanol–water partition coefficient (Wildman–Crippen LogP) is 1.62. The molecule has 0 atom stereocenters. The lowest BCUT2D eigenvalue weighted by Gasteiger charge is -2.32. The largest absolute Gasteiger partial charge is 0.497 e. The first-order valence-corrected chi connectivity index (χ1v) is 5.88. The van der Waals surface area contributed by atoms with Crippen LogP contribution in [0.2, 0.25) is 5.15 Å². The lowest BCUT2D eigenvalue weighted by Crippen LogP contribution is -2.41. The third-order valence-electron chi connectivity index (χ3n) is 3.48. The Morgan fingerprint density at radius 3 is 2.29 bits per heavy atom. The van der Waals surface area contributed by atoms with Gasteiger partial charge in [0.05, 0.1) is 16.9 Å². The number of nitrogens with two attached hydrogens (primary N) is 1. The summed E-state index contributed by atoms with van der Waals surface area (Å²) >= 11 is 5.89. The number of pyridine rings is 1. The van der Waals surface area contributed by atoms with Crippen LogP contribution in [0.5, 0.6) is 0 Å². The summed E-state index contributed by atoms with van der Waals surface area (Å²) in [6, 6.07) is 1.77. The zero-order chi connectivity index (χ0) is 12.8. The van der Waals surface area contributed by atoms with Crippen molar-refractivity contribution in [2.45, 2.75) is 38.9 Å². The molecule has 0 spiro atoms. The predicted molar refractivity (Wildman–Crippen MR) is 69.4 cm³/mol. The van der Waals surface area contributed by atoms with Gasteiger partial charge in [0.15, 0.2) is 5.15 Å². The van der Waals surface area contributed by atoms with E-state index in [1.165, 1.54) is 0 Å². The van der Waals surface area contributed by atoms with Gasteiger partial charge in [-0.15, -0.1) is 0 Å². The molecular weight excluding hydrogens is 238 g/mol. The van der Waals surface area contributed by atoms with Crippen LogP contribution in [0.4, 0.5) is 5.69 Å². The zero-order valence-electron chi connectivity index (χ0n) is 10.5. The highest BCUT2D eigenvalue weighted by Gasteiger charge is 2.52. The Hall–Kier alpha value is -0.775. The summed E-state index contributed by atoms with van der Waals surface area (Å²) in [5.74, 6) is 0. The Morgan fingerprint density at radius 1 is 1.24 bits per heavy atom. The smallest absolute Gasteiger partial charge is 0.399 e. The molecule has 1 saturated heterocycles. The number of anilines is 1. The maximum atomic E-state index is 5.90. The van der Waals surface area contributed by atoms with Crippen LogP contribution in [0.3, 0.4) is 0 Å². The third kappa shape index (κ3) is 2.03. The molecular formula is C11H16BClN2O2. The van der Waals surface area contributed by atoms with Crippen molar-refractivity contribution in [2.24, 2.45) is 0 Å². The second kappa shape index (κ2) is 3.87. The molecule has 1 aliphatic heterocycles. The van der Waals surface area contributed by atoms with Gasteiger partial charge in [0.25, 0.3) is 0 Å². The number of hydrogen-bond donors (Lipinski definition) is 1. The first-order chi connectivity index (χ1) is 7.74. The van der Waals surface area contributed by atoms with E-state index in [9.17, 15) is 0 Å². The van der Waals surface area contributed by atoms with Gasteiger partial charge in [-0.3, -0.25) is 0 Å². The van der Waals surface area contributed by atoms with E-state index in [2.05, 4.69) is 4.98 Å². The SMILES string of the molecule is CC1(C)OB(c2ccnc(Cl)c2N)OC1(C)C. The van der Waals surface area contributed by atoms with Crippen LogP contribution in [0.25, 0.3) is 0 Å². The molecule has 0 aliphatic carbocycles. The van der Waals surface area contributed by atoms with Crippen molar-refractivity contribution in [2.75, 3.05) is 5.73 Å². The lowest BCUT2D eigenvalue weighted by atomic mass is 9.78. The second-order valence-corrected chi connectivity index (χ2v) is 5.55. The molecule has 4 nitrogen and oxygen atoms in total. The average Bonchev–Trinajstić information content (AvgIpc) is 2.40. The van der Waals surface area contributed by atoms with E-state index in [0.29, 0.717) is 5.69 Å². The first kappa shape index (κ1) is 12.7. The van der Waals surface area contributed by atoms with Gasteiger partial charge in [-0.1, -0.05) is 11.6 Å². The molecule has 6 heteroatoms. The molecule has 92 valence electrons. The molecule has 1 aromatic rings. The van der Waals surface area contributed by atoms with Gasteiger partial charge in [0.1, 0.15) is 0 Å². The van der Waals surface area contributed by atoms with Gasteiger partial charge in [0.2, 0.25) is 0 Å². The maximum Gasteiger partial charge on any atom is 0.497 e. The summed E-state index contributed by atoms with van der Waals surface area (Å²) < 4.78 is 11.8. The lowest BCUT2D eigenvalue weighted by molar-refractivity contribution is 0.00578. The minimum atomic E-state index is -0.500. The van der Waals surface area contributed by atoms with E-state index in [1.54, 1.807) is 12.3 Å². The van der Waals surface area contributed by atoms with Gasteiger partial charge in [-0.05, 0) is 33.8 Å². The van der Waals surface area contributed by atoms with Gasteiger partial charge >= 0.3 is 7.12 Å². The number of hydrogen-bond acceptors (Lipinski definition) is 4. The van der Waals surface area contributed by atoms with Crippen molar-refractivity contribution in [1.29, 1.82) is 0 Å². The van der Waals surface area contributed by atoms with E-state index >= 15 is 0 Å². The molecule has 1 fully saturated rings. The highest BCUT2D eigenvalue weighted by Crippen LogP contribution is 2.37. The van der Waals surface area contributed by atoms with Gasteiger partial charge in [-0.2, -0.15) is 0 Å². The molecule has 0 radical (unpaired) electrons. The van der Waals surface area contributed by atoms with E-state index in [0.717, 1.165) is 5.46 Å². The number of rotatable bonds is 1. The first-order valence-electron chi connectivity index (χ1n) is 5.50. The molecule has 0 unspecified atom stereocenters. The summed E-state index contributed by atoms with van der Waals surface area (Å²) in [7, 11) is -0.500. The van der Waals surface area contributed by atoms with Crippen LogP contribution in [0.15, 0.2) is 12.3 Å². The number of nitrogens with zero attached hydrogens (tertiary/aromatic N) is 1. The van der Waals surface area contributed by atoms with Crippen molar-refractivity contribution in [3.05, 3.63) is 17.4 Å². The molecule has 2 N–H and O–H groups in total. The zero-order valence-corrected chi connectivity index (χ0v) is 11.2. The normalized spacial score (nSPS) is 21.8. The molecule has 1 aliphatic rings. The summed E-state index contributed by atoms with van der Waals surface area (Å²) in [4.78, 5) is 3.91. The van der Waals surface area contributed by atoms with Gasteiger partial charge in [0, 0.05) is 11.7 Å². The Morgan fingerprint density at radius 2 is 1.76 bits per heavy atom. The highest BCUT2D eigenvalue weighted by molar-refractivity contribution is 6.64. The molecule has 2 heterocycles. The molecule has 17 heavy (non-hydrogen) atoms. The molecule has 0 bridgehead atoms. The Bertz CT molecular complexity index is 435. The van der Waals surface area contributed by atoms with E-state index in [1.807, 2.05) is 27.7 Å². The fraction of sp³-hybridized carbons (Fsp3) is 0.545. The minimum absolute atomic E-state index is 0.275. The fourth-order valence-electron chi connectivity index (χ4n) is 1.64. The van der Waals surface area contributed by atoms with Crippen molar-refractivity contribution >= 4 is 29.9 Å². The van der Waals surface area contributed by atoms with E-state index in [4.69, 9.17) is 26.6 Å². The van der Waals surface area contributed by atoms with E-state index < -0.39 is 7.12 Å². The Balaban J connectivity index is 2.36. The monoisotopic (exact) mass is 254 g/mol. The van der Waals surface area contributed by atoms with Crippen molar-refractivity contribution in [3.63, 3.8) is 0 Å². The van der Waals surface area contributed by atoms with Crippen LogP contribution in [-0.2, 0) is 9.31 Å². The fourth-order valence-corrected chi connectivity index (χ4v) is 1.80. The molecule has 0 saturated carbocycles. The van der Waals surface area contributed by atoms with Crippen molar-refractivity contribution in [3.8, 4) is 0 Å². The Labute approximate surface area is 107 Å². The highest BCUT2D eigenvalue weighted by atomic mass is 35.5. The summed E-state index contributed by atoms with van der Waals surface area (Å²) in [5, 5.41) is 0.275. The van der Waals surface area contributed by atoms with Crippen molar-refractivity contribution < 1.29 is 9.31 Å². The summed E-state index contributed by atoms with van der Waals surface area (Å²) in [6.07, 6.45) is 1.60. The van der Waals surface area contributed by atoms with E-state index in [-0.39, 0.29) is 16.4 Å². The third-order valence-corrected chi connectivity index (χ3v) is 3.78. The molecule has 0 amide bonds. The molecule has 1 aromatic heterocycles. The van der Waals surface area contributed by atoms with Crippen molar-refractivity contribution in [1.82, 2.24) is 4.98 Å². The number of aromatic nitrogens is 1. The van der Waals surface area contributed by atoms with Crippen LogP contribution in [0, 0.1) is 0 Å². The molecule has 0 aromatic carbocycles.